The van der Waals surface area contributed by atoms with Crippen LogP contribution < -0.4 is 21.3 Å². The molecule has 6 rings (SSSR count). The van der Waals surface area contributed by atoms with E-state index in [1.807, 2.05) is 4.90 Å². The smallest absolute Gasteiger partial charge is 0.225 e. The maximum absolute atomic E-state index is 12.9. The molecule has 4 heterocycles. The van der Waals surface area contributed by atoms with Crippen molar-refractivity contribution in [1.29, 1.82) is 0 Å². The quantitative estimate of drug-likeness (QED) is 0.226. The molecule has 4 saturated heterocycles. The molecule has 6 unspecified atom stereocenters. The predicted molar refractivity (Wildman–Crippen MR) is 149 cm³/mol. The first-order chi connectivity index (χ1) is 19.5. The van der Waals surface area contributed by atoms with Gasteiger partial charge >= 0.3 is 0 Å². The molecule has 0 aromatic carbocycles. The highest BCUT2D eigenvalue weighted by atomic mass is 16.5. The maximum Gasteiger partial charge on any atom is 0.225 e. The van der Waals surface area contributed by atoms with Crippen molar-refractivity contribution < 1.29 is 24.2 Å². The van der Waals surface area contributed by atoms with Crippen LogP contribution in [0, 0.1) is 23.7 Å². The van der Waals surface area contributed by atoms with Gasteiger partial charge in [0, 0.05) is 57.1 Å². The first kappa shape index (κ1) is 28.8. The highest BCUT2D eigenvalue weighted by Gasteiger charge is 2.40. The van der Waals surface area contributed by atoms with Gasteiger partial charge in [0.2, 0.25) is 11.8 Å². The van der Waals surface area contributed by atoms with Gasteiger partial charge in [0.05, 0.1) is 37.8 Å². The van der Waals surface area contributed by atoms with Crippen molar-refractivity contribution >= 4 is 11.8 Å². The standard InChI is InChI=1S/C29H50N6O5/c36-24(16-34-8-6-20-9-25(4-3-22(20)13-34)39-17-26-12-30-18-40-26)11-32-28(37)21-5-7-31-27(10-21)33-23-14-35(15-23)29(38)19-1-2-19/h19-27,30-31,33,36H,1-18H2,(H,32,37)/t20?,21?,22?,24-,25?,26?,27?/m0/s1. The summed E-state index contributed by atoms with van der Waals surface area (Å²) >= 11 is 0. The van der Waals surface area contributed by atoms with E-state index in [0.717, 1.165) is 84.2 Å². The van der Waals surface area contributed by atoms with Gasteiger partial charge in [-0.2, -0.15) is 0 Å². The summed E-state index contributed by atoms with van der Waals surface area (Å²) < 4.78 is 11.8. The van der Waals surface area contributed by atoms with Crippen molar-refractivity contribution in [2.75, 3.05) is 65.7 Å². The number of hydrogen-bond donors (Lipinski definition) is 5. The Kier molecular flexibility index (Phi) is 9.57. The Morgan fingerprint density at radius 1 is 1.02 bits per heavy atom. The molecule has 2 saturated carbocycles. The molecule has 40 heavy (non-hydrogen) atoms. The summed E-state index contributed by atoms with van der Waals surface area (Å²) in [6, 6.07) is 0.305. The van der Waals surface area contributed by atoms with E-state index < -0.39 is 6.10 Å². The van der Waals surface area contributed by atoms with Crippen LogP contribution >= 0.6 is 0 Å². The van der Waals surface area contributed by atoms with Crippen molar-refractivity contribution in [2.45, 2.75) is 81.9 Å². The largest absolute Gasteiger partial charge is 0.390 e. The molecule has 2 amide bonds. The fourth-order valence-corrected chi connectivity index (χ4v) is 7.42. The van der Waals surface area contributed by atoms with E-state index in [-0.39, 0.29) is 30.0 Å². The van der Waals surface area contributed by atoms with E-state index >= 15 is 0 Å². The predicted octanol–water partition coefficient (Wildman–Crippen LogP) is -0.547. The summed E-state index contributed by atoms with van der Waals surface area (Å²) in [4.78, 5) is 29.4. The van der Waals surface area contributed by atoms with Gasteiger partial charge in [-0.25, -0.2) is 0 Å². The number of carbonyl (C=O) groups excluding carboxylic acids is 2. The summed E-state index contributed by atoms with van der Waals surface area (Å²) in [7, 11) is 0. The van der Waals surface area contributed by atoms with Gasteiger partial charge in [0.1, 0.15) is 0 Å². The first-order valence-electron chi connectivity index (χ1n) is 15.9. The number of carbonyl (C=O) groups is 2. The van der Waals surface area contributed by atoms with Gasteiger partial charge in [0.15, 0.2) is 0 Å². The number of amides is 2. The van der Waals surface area contributed by atoms with Crippen molar-refractivity contribution in [3.63, 3.8) is 0 Å². The van der Waals surface area contributed by atoms with E-state index in [9.17, 15) is 14.7 Å². The lowest BCUT2D eigenvalue weighted by Gasteiger charge is -2.44. The minimum atomic E-state index is -0.555. The number of ether oxygens (including phenoxy) is 2. The van der Waals surface area contributed by atoms with Gasteiger partial charge in [-0.3, -0.25) is 20.2 Å². The average molecular weight is 563 g/mol. The molecule has 0 aromatic rings. The van der Waals surface area contributed by atoms with Crippen LogP contribution in [0.2, 0.25) is 0 Å². The zero-order valence-corrected chi connectivity index (χ0v) is 23.9. The highest BCUT2D eigenvalue weighted by molar-refractivity contribution is 5.82. The van der Waals surface area contributed by atoms with E-state index in [4.69, 9.17) is 9.47 Å². The maximum atomic E-state index is 12.9. The Hall–Kier alpha value is -1.34. The number of fused-ring (bicyclic) bond motifs is 1. The van der Waals surface area contributed by atoms with Crippen molar-refractivity contribution in [3.8, 4) is 0 Å². The Morgan fingerprint density at radius 2 is 1.90 bits per heavy atom. The number of piperidine rings is 2. The van der Waals surface area contributed by atoms with Crippen molar-refractivity contribution in [2.24, 2.45) is 23.7 Å². The SMILES string of the molecule is O=C(NC[C@H](O)CN1CCC2CC(OCC3CNCO3)CCC2C1)C1CCNC(NC2CN(C(=O)C3CC3)C2)C1. The minimum Gasteiger partial charge on any atom is -0.390 e. The highest BCUT2D eigenvalue weighted by Crippen LogP contribution is 2.37. The van der Waals surface area contributed by atoms with Crippen LogP contribution in [0.15, 0.2) is 0 Å². The van der Waals surface area contributed by atoms with Crippen LogP contribution in [-0.4, -0.2) is 123 Å². The number of aliphatic hydroxyl groups is 1. The van der Waals surface area contributed by atoms with E-state index in [2.05, 4.69) is 26.2 Å². The first-order valence-corrected chi connectivity index (χ1v) is 15.9. The third-order valence-electron chi connectivity index (χ3n) is 10.0. The third kappa shape index (κ3) is 7.53. The molecule has 0 bridgehead atoms. The second-order valence-corrected chi connectivity index (χ2v) is 13.2. The Bertz CT molecular complexity index is 864. The van der Waals surface area contributed by atoms with E-state index in [1.54, 1.807) is 0 Å². The van der Waals surface area contributed by atoms with Crippen LogP contribution in [0.5, 0.6) is 0 Å². The van der Waals surface area contributed by atoms with Crippen LogP contribution in [0.3, 0.4) is 0 Å². The van der Waals surface area contributed by atoms with Gasteiger partial charge in [-0.05, 0) is 76.3 Å². The molecule has 11 nitrogen and oxygen atoms in total. The molecule has 7 atom stereocenters. The lowest BCUT2D eigenvalue weighted by atomic mass is 9.74. The van der Waals surface area contributed by atoms with Gasteiger partial charge in [0.25, 0.3) is 0 Å². The normalized spacial score (nSPS) is 36.1. The van der Waals surface area contributed by atoms with E-state index in [1.165, 1.54) is 6.42 Å². The third-order valence-corrected chi connectivity index (χ3v) is 10.0. The summed E-state index contributed by atoms with van der Waals surface area (Å²) in [5.74, 6) is 1.97. The van der Waals surface area contributed by atoms with Crippen molar-refractivity contribution in [1.82, 2.24) is 31.1 Å². The van der Waals surface area contributed by atoms with Crippen molar-refractivity contribution in [3.05, 3.63) is 0 Å². The Balaban J connectivity index is 0.847. The molecule has 11 heteroatoms. The lowest BCUT2D eigenvalue weighted by Crippen LogP contribution is -2.65. The van der Waals surface area contributed by atoms with Crippen LogP contribution in [0.1, 0.15) is 51.4 Å². The van der Waals surface area contributed by atoms with Crippen LogP contribution in [-0.2, 0) is 19.1 Å². The number of likely N-dealkylation sites (tertiary alicyclic amines) is 2. The zero-order valence-electron chi connectivity index (χ0n) is 23.9. The Morgan fingerprint density at radius 3 is 2.70 bits per heavy atom. The van der Waals surface area contributed by atoms with E-state index in [0.29, 0.717) is 56.3 Å². The lowest BCUT2D eigenvalue weighted by molar-refractivity contribution is -0.137. The van der Waals surface area contributed by atoms with Gasteiger partial charge in [-0.15, -0.1) is 0 Å². The van der Waals surface area contributed by atoms with Crippen LogP contribution in [0.4, 0.5) is 0 Å². The summed E-state index contributed by atoms with van der Waals surface area (Å²) in [6.07, 6.45) is 8.31. The second-order valence-electron chi connectivity index (χ2n) is 13.2. The Labute approximate surface area is 238 Å². The monoisotopic (exact) mass is 562 g/mol. The molecule has 5 N–H and O–H groups in total. The molecule has 0 spiro atoms. The molecular formula is C29H50N6O5. The molecule has 4 aliphatic heterocycles. The number of aliphatic hydroxyl groups excluding tert-OH is 1. The summed E-state index contributed by atoms with van der Waals surface area (Å²) in [5, 5.41) is 24.0. The van der Waals surface area contributed by atoms with Gasteiger partial charge < -0.3 is 35.0 Å². The second kappa shape index (κ2) is 13.3. The number of nitrogens with zero attached hydrogens (tertiary/aromatic N) is 2. The number of nitrogens with one attached hydrogen (secondary N) is 4. The molecular weight excluding hydrogens is 512 g/mol. The minimum absolute atomic E-state index is 0.0438. The number of hydrogen-bond acceptors (Lipinski definition) is 9. The molecule has 0 aromatic heterocycles. The molecule has 6 aliphatic rings. The molecule has 226 valence electrons. The topological polar surface area (TPSA) is 127 Å². The summed E-state index contributed by atoms with van der Waals surface area (Å²) in [5.41, 5.74) is 0. The fraction of sp³-hybridized carbons (Fsp3) is 0.931. The molecule has 0 radical (unpaired) electrons. The van der Waals surface area contributed by atoms with Gasteiger partial charge in [-0.1, -0.05) is 0 Å². The zero-order chi connectivity index (χ0) is 27.5. The van der Waals surface area contributed by atoms with Crippen LogP contribution in [0.25, 0.3) is 0 Å². The number of rotatable bonds is 11. The molecule has 2 aliphatic carbocycles. The average Bonchev–Trinajstić information content (AvgIpc) is 3.67. The summed E-state index contributed by atoms with van der Waals surface area (Å²) in [6.45, 7) is 7.51. The fourth-order valence-electron chi connectivity index (χ4n) is 7.42. The number of β-amino-alcohol motifs (C(OH)–C–C–N with tert-alkyl or cyclic N) is 1. The molecule has 6 fully saturated rings.